The highest BCUT2D eigenvalue weighted by atomic mass is 35.5. The quantitative estimate of drug-likeness (QED) is 0.479. The molecule has 8 heteroatoms. The summed E-state index contributed by atoms with van der Waals surface area (Å²) < 4.78 is 13.6. The minimum absolute atomic E-state index is 0.0000829. The van der Waals surface area contributed by atoms with Crippen LogP contribution >= 0.6 is 34.7 Å². The second-order valence-corrected chi connectivity index (χ2v) is 7.36. The summed E-state index contributed by atoms with van der Waals surface area (Å²) in [6.45, 7) is 0. The number of nitrogens with zero attached hydrogens (tertiary/aromatic N) is 2. The molecule has 1 heterocycles. The molecule has 1 aromatic heterocycles. The summed E-state index contributed by atoms with van der Waals surface area (Å²) in [5.41, 5.74) is 1.34. The van der Waals surface area contributed by atoms with Crippen molar-refractivity contribution in [3.8, 4) is 0 Å². The molecular weight excluding hydrogens is 369 g/mol. The van der Waals surface area contributed by atoms with E-state index >= 15 is 0 Å². The molecule has 24 heavy (non-hydrogen) atoms. The molecule has 0 atom stereocenters. The van der Waals surface area contributed by atoms with Crippen molar-refractivity contribution in [1.82, 2.24) is 10.2 Å². The van der Waals surface area contributed by atoms with E-state index in [1.807, 2.05) is 0 Å². The molecular formula is C16H11ClFN3OS2. The summed E-state index contributed by atoms with van der Waals surface area (Å²) in [5.74, 6) is -0.0259. The monoisotopic (exact) mass is 379 g/mol. The third-order valence-corrected chi connectivity index (χ3v) is 5.22. The van der Waals surface area contributed by atoms with Gasteiger partial charge in [0.1, 0.15) is 5.82 Å². The maximum atomic E-state index is 12.9. The third kappa shape index (κ3) is 4.53. The second kappa shape index (κ2) is 7.74. The fraction of sp³-hybridized carbons (Fsp3) is 0.0625. The van der Waals surface area contributed by atoms with E-state index in [1.165, 1.54) is 35.2 Å². The van der Waals surface area contributed by atoms with E-state index in [2.05, 4.69) is 15.5 Å². The number of hydrogen-bond donors (Lipinski definition) is 1. The Bertz CT molecular complexity index is 837. The lowest BCUT2D eigenvalue weighted by molar-refractivity contribution is 0.102. The molecule has 0 amide bonds. The molecule has 0 unspecified atom stereocenters. The highest BCUT2D eigenvalue weighted by Crippen LogP contribution is 2.28. The van der Waals surface area contributed by atoms with Gasteiger partial charge in [-0.15, -0.1) is 10.2 Å². The van der Waals surface area contributed by atoms with Gasteiger partial charge in [0.05, 0.1) is 5.75 Å². The SMILES string of the molecule is O=C(CSc1nnc(Nc2ccc(F)cc2)s1)c1ccc(Cl)cc1. The van der Waals surface area contributed by atoms with Crippen molar-refractivity contribution in [2.24, 2.45) is 0 Å². The van der Waals surface area contributed by atoms with Crippen molar-refractivity contribution < 1.29 is 9.18 Å². The van der Waals surface area contributed by atoms with Gasteiger partial charge >= 0.3 is 0 Å². The molecule has 1 N–H and O–H groups in total. The molecule has 4 nitrogen and oxygen atoms in total. The number of thioether (sulfide) groups is 1. The Kier molecular flexibility index (Phi) is 5.44. The van der Waals surface area contributed by atoms with E-state index in [0.29, 0.717) is 20.1 Å². The van der Waals surface area contributed by atoms with E-state index in [-0.39, 0.29) is 17.4 Å². The van der Waals surface area contributed by atoms with Crippen LogP contribution in [0.2, 0.25) is 5.02 Å². The van der Waals surface area contributed by atoms with Gasteiger partial charge in [0.25, 0.3) is 0 Å². The molecule has 2 aromatic carbocycles. The van der Waals surface area contributed by atoms with Gasteiger partial charge in [-0.25, -0.2) is 4.39 Å². The van der Waals surface area contributed by atoms with E-state index < -0.39 is 0 Å². The number of hydrogen-bond acceptors (Lipinski definition) is 6. The van der Waals surface area contributed by atoms with Crippen molar-refractivity contribution in [2.75, 3.05) is 11.1 Å². The Morgan fingerprint density at radius 1 is 1.12 bits per heavy atom. The number of carbonyl (C=O) groups is 1. The highest BCUT2D eigenvalue weighted by Gasteiger charge is 2.10. The molecule has 0 aliphatic rings. The first-order chi connectivity index (χ1) is 11.6. The van der Waals surface area contributed by atoms with Gasteiger partial charge in [-0.1, -0.05) is 34.7 Å². The Hall–Kier alpha value is -1.96. The molecule has 0 aliphatic carbocycles. The van der Waals surface area contributed by atoms with Gasteiger partial charge in [-0.3, -0.25) is 4.79 Å². The number of Topliss-reactive ketones (excluding diaryl/α,β-unsaturated/α-hetero) is 1. The van der Waals surface area contributed by atoms with Crippen LogP contribution in [0.15, 0.2) is 52.9 Å². The molecule has 3 aromatic rings. The van der Waals surface area contributed by atoms with Crippen LogP contribution in [0.1, 0.15) is 10.4 Å². The first kappa shape index (κ1) is 16.9. The van der Waals surface area contributed by atoms with Crippen LogP contribution in [0.4, 0.5) is 15.2 Å². The lowest BCUT2D eigenvalue weighted by Crippen LogP contribution is -2.01. The average Bonchev–Trinajstić information content (AvgIpc) is 3.03. The van der Waals surface area contributed by atoms with E-state index in [9.17, 15) is 9.18 Å². The summed E-state index contributed by atoms with van der Waals surface area (Å²) >= 11 is 8.46. The van der Waals surface area contributed by atoms with Crippen molar-refractivity contribution in [1.29, 1.82) is 0 Å². The van der Waals surface area contributed by atoms with Crippen LogP contribution in [0.3, 0.4) is 0 Å². The first-order valence-electron chi connectivity index (χ1n) is 6.88. The van der Waals surface area contributed by atoms with Crippen molar-refractivity contribution in [2.45, 2.75) is 4.34 Å². The lowest BCUT2D eigenvalue weighted by atomic mass is 10.1. The van der Waals surface area contributed by atoms with Gasteiger partial charge in [0.15, 0.2) is 10.1 Å². The molecule has 0 fully saturated rings. The molecule has 0 bridgehead atoms. The predicted molar refractivity (Wildman–Crippen MR) is 96.1 cm³/mol. The zero-order chi connectivity index (χ0) is 16.9. The molecule has 0 saturated carbocycles. The van der Waals surface area contributed by atoms with E-state index in [4.69, 9.17) is 11.6 Å². The largest absolute Gasteiger partial charge is 0.330 e. The molecule has 0 spiro atoms. The van der Waals surface area contributed by atoms with Crippen LogP contribution in [0.25, 0.3) is 0 Å². The van der Waals surface area contributed by atoms with Crippen LogP contribution in [-0.2, 0) is 0 Å². The minimum Gasteiger partial charge on any atom is -0.330 e. The van der Waals surface area contributed by atoms with Gasteiger partial charge in [0.2, 0.25) is 5.13 Å². The maximum absolute atomic E-state index is 12.9. The number of aromatic nitrogens is 2. The molecule has 3 rings (SSSR count). The number of benzene rings is 2. The fourth-order valence-electron chi connectivity index (χ4n) is 1.82. The average molecular weight is 380 g/mol. The number of carbonyl (C=O) groups excluding carboxylic acids is 1. The number of ketones is 1. The number of rotatable bonds is 6. The van der Waals surface area contributed by atoms with Crippen LogP contribution < -0.4 is 5.32 Å². The van der Waals surface area contributed by atoms with Gasteiger partial charge in [0, 0.05) is 16.3 Å². The van der Waals surface area contributed by atoms with Crippen LogP contribution in [0.5, 0.6) is 0 Å². The van der Waals surface area contributed by atoms with Gasteiger partial charge in [-0.05, 0) is 48.5 Å². The minimum atomic E-state index is -0.297. The normalized spacial score (nSPS) is 10.6. The van der Waals surface area contributed by atoms with Gasteiger partial charge in [-0.2, -0.15) is 0 Å². The maximum Gasteiger partial charge on any atom is 0.210 e. The summed E-state index contributed by atoms with van der Waals surface area (Å²) in [4.78, 5) is 12.1. The highest BCUT2D eigenvalue weighted by molar-refractivity contribution is 8.01. The van der Waals surface area contributed by atoms with E-state index in [0.717, 1.165) is 5.69 Å². The first-order valence-corrected chi connectivity index (χ1v) is 9.06. The number of halogens is 2. The van der Waals surface area contributed by atoms with Gasteiger partial charge < -0.3 is 5.32 Å². The Labute approximate surface area is 151 Å². The lowest BCUT2D eigenvalue weighted by Gasteiger charge is -2.00. The Morgan fingerprint density at radius 2 is 1.83 bits per heavy atom. The second-order valence-electron chi connectivity index (χ2n) is 4.72. The standard InChI is InChI=1S/C16H11ClFN3OS2/c17-11-3-1-10(2-4-11)14(22)9-23-16-21-20-15(24-16)19-13-7-5-12(18)6-8-13/h1-8H,9H2,(H,19,20). The summed E-state index contributed by atoms with van der Waals surface area (Å²) in [7, 11) is 0. The smallest absolute Gasteiger partial charge is 0.210 e. The van der Waals surface area contributed by atoms with E-state index in [1.54, 1.807) is 36.4 Å². The molecule has 0 radical (unpaired) electrons. The topological polar surface area (TPSA) is 54.9 Å². The summed E-state index contributed by atoms with van der Waals surface area (Å²) in [5, 5.41) is 12.3. The summed E-state index contributed by atoms with van der Waals surface area (Å²) in [6.07, 6.45) is 0. The molecule has 0 aliphatic heterocycles. The van der Waals surface area contributed by atoms with Crippen LogP contribution in [-0.4, -0.2) is 21.7 Å². The Morgan fingerprint density at radius 3 is 2.54 bits per heavy atom. The zero-order valence-electron chi connectivity index (χ0n) is 12.2. The number of anilines is 2. The fourth-order valence-corrected chi connectivity index (χ4v) is 3.61. The Balaban J connectivity index is 1.56. The number of nitrogens with one attached hydrogen (secondary N) is 1. The zero-order valence-corrected chi connectivity index (χ0v) is 14.6. The third-order valence-electron chi connectivity index (χ3n) is 2.99. The van der Waals surface area contributed by atoms with Crippen LogP contribution in [0, 0.1) is 5.82 Å². The predicted octanol–water partition coefficient (Wildman–Crippen LogP) is 5.05. The van der Waals surface area contributed by atoms with Crippen molar-refractivity contribution >= 4 is 51.3 Å². The van der Waals surface area contributed by atoms with Crippen molar-refractivity contribution in [3.63, 3.8) is 0 Å². The molecule has 0 saturated heterocycles. The molecule has 122 valence electrons. The van der Waals surface area contributed by atoms with Crippen molar-refractivity contribution in [3.05, 3.63) is 64.9 Å². The summed E-state index contributed by atoms with van der Waals surface area (Å²) in [6, 6.07) is 12.7.